The van der Waals surface area contributed by atoms with E-state index in [2.05, 4.69) is 12.6 Å². The Morgan fingerprint density at radius 3 is 2.76 bits per heavy atom. The van der Waals surface area contributed by atoms with E-state index in [9.17, 15) is 9.59 Å². The Morgan fingerprint density at radius 2 is 2.12 bits per heavy atom. The minimum atomic E-state index is -0.301. The third-order valence-corrected chi connectivity index (χ3v) is 3.38. The second-order valence-corrected chi connectivity index (χ2v) is 4.49. The van der Waals surface area contributed by atoms with E-state index >= 15 is 0 Å². The fourth-order valence-electron chi connectivity index (χ4n) is 1.96. The summed E-state index contributed by atoms with van der Waals surface area (Å²) in [6.45, 7) is 0. The van der Waals surface area contributed by atoms with Crippen molar-refractivity contribution < 1.29 is 9.59 Å². The molecule has 0 aliphatic carbocycles. The van der Waals surface area contributed by atoms with E-state index in [-0.39, 0.29) is 11.1 Å². The third kappa shape index (κ3) is 2.15. The van der Waals surface area contributed by atoms with Crippen LogP contribution >= 0.6 is 12.6 Å². The molecule has 0 bridgehead atoms. The Bertz CT molecular complexity index is 487. The summed E-state index contributed by atoms with van der Waals surface area (Å²) in [5.74, 6) is 0.129. The molecule has 1 aromatic rings. The summed E-state index contributed by atoms with van der Waals surface area (Å²) in [4.78, 5) is 25.8. The van der Waals surface area contributed by atoms with Crippen molar-refractivity contribution >= 4 is 35.1 Å². The number of carbonyl (C=O) groups excluding carboxylic acids is 2. The second-order valence-electron chi connectivity index (χ2n) is 4.11. The van der Waals surface area contributed by atoms with Gasteiger partial charge in [-0.2, -0.15) is 0 Å². The van der Waals surface area contributed by atoms with Crippen LogP contribution in [0.25, 0.3) is 0 Å². The van der Waals surface area contributed by atoms with Crippen LogP contribution in [0.5, 0.6) is 0 Å². The van der Waals surface area contributed by atoms with Crippen molar-refractivity contribution in [3.8, 4) is 0 Å². The van der Waals surface area contributed by atoms with Crippen LogP contribution in [-0.2, 0) is 11.2 Å². The Hall–Kier alpha value is -1.49. The van der Waals surface area contributed by atoms with Crippen LogP contribution in [0.1, 0.15) is 12.0 Å². The molecule has 17 heavy (non-hydrogen) atoms. The number of benzene rings is 1. The Balaban J connectivity index is 2.39. The molecule has 1 aliphatic heterocycles. The van der Waals surface area contributed by atoms with Gasteiger partial charge in [-0.3, -0.25) is 9.59 Å². The quantitative estimate of drug-likeness (QED) is 0.775. The van der Waals surface area contributed by atoms with E-state index in [4.69, 9.17) is 0 Å². The molecule has 0 radical (unpaired) electrons. The molecule has 0 atom stereocenters. The first-order valence-electron chi connectivity index (χ1n) is 5.37. The predicted octanol–water partition coefficient (Wildman–Crippen LogP) is 2.08. The molecule has 0 aromatic heterocycles. The van der Waals surface area contributed by atoms with Crippen LogP contribution in [0, 0.1) is 0 Å². The number of nitrogens with zero attached hydrogens (tertiary/aromatic N) is 2. The zero-order valence-corrected chi connectivity index (χ0v) is 10.7. The van der Waals surface area contributed by atoms with Crippen LogP contribution in [0.15, 0.2) is 18.2 Å². The van der Waals surface area contributed by atoms with Crippen molar-refractivity contribution in [2.75, 3.05) is 23.9 Å². The second kappa shape index (κ2) is 4.41. The molecule has 90 valence electrons. The van der Waals surface area contributed by atoms with Gasteiger partial charge in [0.15, 0.2) is 0 Å². The normalized spacial score (nSPS) is 14.5. The average Bonchev–Trinajstić information content (AvgIpc) is 2.32. The zero-order valence-electron chi connectivity index (χ0n) is 9.80. The molecular formula is C12H14N2O2S. The van der Waals surface area contributed by atoms with Gasteiger partial charge in [0.2, 0.25) is 5.91 Å². The average molecular weight is 250 g/mol. The van der Waals surface area contributed by atoms with Gasteiger partial charge in [-0.25, -0.2) is 0 Å². The fourth-order valence-corrected chi connectivity index (χ4v) is 2.08. The lowest BCUT2D eigenvalue weighted by Gasteiger charge is -2.27. The Kier molecular flexibility index (Phi) is 3.11. The maximum atomic E-state index is 11.5. The molecule has 1 aromatic carbocycles. The molecule has 0 saturated carbocycles. The number of fused-ring (bicyclic) bond motifs is 1. The van der Waals surface area contributed by atoms with Crippen molar-refractivity contribution in [3.63, 3.8) is 0 Å². The minimum absolute atomic E-state index is 0.129. The van der Waals surface area contributed by atoms with Crippen LogP contribution in [-0.4, -0.2) is 25.2 Å². The minimum Gasteiger partial charge on any atom is -0.315 e. The van der Waals surface area contributed by atoms with Gasteiger partial charge >= 0.3 is 0 Å². The van der Waals surface area contributed by atoms with Gasteiger partial charge < -0.3 is 9.80 Å². The van der Waals surface area contributed by atoms with Gasteiger partial charge in [0, 0.05) is 31.9 Å². The first kappa shape index (κ1) is 12.0. The SMILES string of the molecule is CN(C(=O)S)c1ccc2c(c1)CCC(=O)N2C. The number of hydrogen-bond donors (Lipinski definition) is 1. The van der Waals surface area contributed by atoms with E-state index in [0.717, 1.165) is 23.4 Å². The van der Waals surface area contributed by atoms with E-state index in [0.29, 0.717) is 6.42 Å². The van der Waals surface area contributed by atoms with Crippen LogP contribution < -0.4 is 9.80 Å². The molecule has 0 unspecified atom stereocenters. The van der Waals surface area contributed by atoms with E-state index < -0.39 is 0 Å². The topological polar surface area (TPSA) is 40.6 Å². The molecule has 0 N–H and O–H groups in total. The van der Waals surface area contributed by atoms with Crippen molar-refractivity contribution in [2.45, 2.75) is 12.8 Å². The summed E-state index contributed by atoms with van der Waals surface area (Å²) >= 11 is 3.79. The monoisotopic (exact) mass is 250 g/mol. The lowest BCUT2D eigenvalue weighted by Crippen LogP contribution is -2.31. The number of amides is 2. The zero-order chi connectivity index (χ0) is 12.6. The lowest BCUT2D eigenvalue weighted by molar-refractivity contribution is -0.118. The van der Waals surface area contributed by atoms with Gasteiger partial charge in [0.1, 0.15) is 0 Å². The molecule has 1 aliphatic rings. The molecule has 0 spiro atoms. The smallest absolute Gasteiger partial charge is 0.282 e. The fraction of sp³-hybridized carbons (Fsp3) is 0.333. The van der Waals surface area contributed by atoms with Crippen LogP contribution in [0.4, 0.5) is 16.2 Å². The highest BCUT2D eigenvalue weighted by molar-refractivity contribution is 7.96. The molecule has 4 nitrogen and oxygen atoms in total. The van der Waals surface area contributed by atoms with E-state index in [1.165, 1.54) is 4.90 Å². The maximum Gasteiger partial charge on any atom is 0.282 e. The third-order valence-electron chi connectivity index (χ3n) is 3.08. The van der Waals surface area contributed by atoms with Gasteiger partial charge in [-0.15, -0.1) is 0 Å². The number of hydrogen-bond acceptors (Lipinski definition) is 2. The molecule has 2 amide bonds. The lowest BCUT2D eigenvalue weighted by atomic mass is 10.0. The highest BCUT2D eigenvalue weighted by Gasteiger charge is 2.21. The van der Waals surface area contributed by atoms with Gasteiger partial charge in [0.25, 0.3) is 5.24 Å². The van der Waals surface area contributed by atoms with E-state index in [1.54, 1.807) is 19.0 Å². The van der Waals surface area contributed by atoms with Gasteiger partial charge in [-0.1, -0.05) is 12.6 Å². The van der Waals surface area contributed by atoms with Crippen molar-refractivity contribution in [1.29, 1.82) is 0 Å². The highest BCUT2D eigenvalue weighted by atomic mass is 32.1. The first-order chi connectivity index (χ1) is 8.00. The first-order valence-corrected chi connectivity index (χ1v) is 5.81. The molecule has 0 saturated heterocycles. The summed E-state index contributed by atoms with van der Waals surface area (Å²) in [7, 11) is 3.45. The maximum absolute atomic E-state index is 11.5. The van der Waals surface area contributed by atoms with Crippen LogP contribution in [0.3, 0.4) is 0 Å². The molecule has 1 heterocycles. The standard InChI is InChI=1S/C12H14N2O2S/c1-13(12(16)17)9-4-5-10-8(7-9)3-6-11(15)14(10)2/h4-5,7H,3,6H2,1-2H3,(H,16,17). The summed E-state index contributed by atoms with van der Waals surface area (Å²) < 4.78 is 0. The largest absolute Gasteiger partial charge is 0.315 e. The Labute approximate surface area is 106 Å². The number of aryl methyl sites for hydroxylation is 1. The van der Waals surface area contributed by atoms with Crippen molar-refractivity contribution in [3.05, 3.63) is 23.8 Å². The summed E-state index contributed by atoms with van der Waals surface area (Å²) in [5, 5.41) is -0.301. The molecular weight excluding hydrogens is 236 g/mol. The number of rotatable bonds is 1. The number of carbonyl (C=O) groups is 2. The molecule has 5 heteroatoms. The summed E-state index contributed by atoms with van der Waals surface area (Å²) in [6, 6.07) is 5.63. The molecule has 2 rings (SSSR count). The Morgan fingerprint density at radius 1 is 1.41 bits per heavy atom. The highest BCUT2D eigenvalue weighted by Crippen LogP contribution is 2.30. The summed E-state index contributed by atoms with van der Waals surface area (Å²) in [6.07, 6.45) is 1.24. The number of thiol groups is 1. The van der Waals surface area contributed by atoms with Gasteiger partial charge in [-0.05, 0) is 30.2 Å². The van der Waals surface area contributed by atoms with Gasteiger partial charge in [0.05, 0.1) is 0 Å². The van der Waals surface area contributed by atoms with Crippen molar-refractivity contribution in [1.82, 2.24) is 0 Å². The summed E-state index contributed by atoms with van der Waals surface area (Å²) in [5.41, 5.74) is 2.81. The number of anilines is 2. The predicted molar refractivity (Wildman–Crippen MR) is 71.0 cm³/mol. The molecule has 0 fully saturated rings. The van der Waals surface area contributed by atoms with E-state index in [1.807, 2.05) is 18.2 Å². The van der Waals surface area contributed by atoms with Crippen LogP contribution in [0.2, 0.25) is 0 Å². The van der Waals surface area contributed by atoms with Crippen molar-refractivity contribution in [2.24, 2.45) is 0 Å².